The first-order valence-electron chi connectivity index (χ1n) is 2.92. The molecule has 1 aromatic rings. The fourth-order valence-corrected chi connectivity index (χ4v) is 1.23. The number of rotatable bonds is 2. The van der Waals surface area contributed by atoms with Crippen LogP contribution in [0.3, 0.4) is 0 Å². The highest BCUT2D eigenvalue weighted by molar-refractivity contribution is 7.15. The Morgan fingerprint density at radius 1 is 1.67 bits per heavy atom. The molecular weight excluding hydrogens is 182 g/mol. The Kier molecular flexibility index (Phi) is 2.39. The topological polar surface area (TPSA) is 76.5 Å². The first-order chi connectivity index (χ1) is 5.65. The highest BCUT2D eigenvalue weighted by Gasteiger charge is 2.14. The van der Waals surface area contributed by atoms with Gasteiger partial charge < -0.3 is 9.84 Å². The maximum Gasteiger partial charge on any atom is 0.367 e. The lowest BCUT2D eigenvalue weighted by molar-refractivity contribution is 0.0599. The molecule has 0 aliphatic carbocycles. The third-order valence-electron chi connectivity index (χ3n) is 1.08. The fourth-order valence-electron chi connectivity index (χ4n) is 0.555. The standard InChI is InChI=1S/C6H5NO4S/c1-11-6(10)4-7-2-3(12-4)5(8)9/h2H,1H3,(H,8,9). The van der Waals surface area contributed by atoms with Crippen LogP contribution in [-0.2, 0) is 4.74 Å². The number of nitrogens with zero attached hydrogens (tertiary/aromatic N) is 1. The number of methoxy groups -OCH3 is 1. The van der Waals surface area contributed by atoms with Crippen molar-refractivity contribution in [3.63, 3.8) is 0 Å². The molecule has 0 bridgehead atoms. The van der Waals surface area contributed by atoms with Gasteiger partial charge in [-0.3, -0.25) is 0 Å². The Balaban J connectivity index is 2.91. The van der Waals surface area contributed by atoms with Crippen LogP contribution in [0.4, 0.5) is 0 Å². The maximum absolute atomic E-state index is 10.8. The Morgan fingerprint density at radius 2 is 2.33 bits per heavy atom. The molecule has 1 rings (SSSR count). The zero-order valence-electron chi connectivity index (χ0n) is 6.10. The summed E-state index contributed by atoms with van der Waals surface area (Å²) in [6.07, 6.45) is 1.12. The van der Waals surface area contributed by atoms with Crippen molar-refractivity contribution >= 4 is 23.3 Å². The molecular formula is C6H5NO4S. The van der Waals surface area contributed by atoms with Crippen molar-refractivity contribution in [2.75, 3.05) is 7.11 Å². The predicted molar refractivity (Wildman–Crippen MR) is 40.4 cm³/mol. The predicted octanol–water partition coefficient (Wildman–Crippen LogP) is 0.628. The minimum absolute atomic E-state index is 0.0235. The van der Waals surface area contributed by atoms with Crippen LogP contribution in [-0.4, -0.2) is 29.1 Å². The first kappa shape index (κ1) is 8.66. The minimum atomic E-state index is -1.09. The molecule has 5 nitrogen and oxygen atoms in total. The average molecular weight is 187 g/mol. The number of thiazole rings is 1. The number of carbonyl (C=O) groups is 2. The van der Waals surface area contributed by atoms with Gasteiger partial charge in [-0.2, -0.15) is 0 Å². The van der Waals surface area contributed by atoms with E-state index in [0.29, 0.717) is 0 Å². The van der Waals surface area contributed by atoms with Crippen LogP contribution in [0.15, 0.2) is 6.20 Å². The summed E-state index contributed by atoms with van der Waals surface area (Å²) in [4.78, 5) is 24.7. The molecule has 64 valence electrons. The number of aromatic nitrogens is 1. The van der Waals surface area contributed by atoms with Gasteiger partial charge in [0.05, 0.1) is 13.3 Å². The number of aromatic carboxylic acids is 1. The fraction of sp³-hybridized carbons (Fsp3) is 0.167. The summed E-state index contributed by atoms with van der Waals surface area (Å²) >= 11 is 0.788. The van der Waals surface area contributed by atoms with E-state index in [2.05, 4.69) is 9.72 Å². The van der Waals surface area contributed by atoms with Crippen LogP contribution in [0.25, 0.3) is 0 Å². The second-order valence-electron chi connectivity index (χ2n) is 1.83. The van der Waals surface area contributed by atoms with Crippen molar-refractivity contribution in [3.8, 4) is 0 Å². The zero-order valence-corrected chi connectivity index (χ0v) is 6.92. The van der Waals surface area contributed by atoms with E-state index in [4.69, 9.17) is 5.11 Å². The number of carbonyl (C=O) groups excluding carboxylic acids is 1. The molecule has 1 N–H and O–H groups in total. The summed E-state index contributed by atoms with van der Waals surface area (Å²) in [7, 11) is 1.21. The van der Waals surface area contributed by atoms with Gasteiger partial charge in [0.1, 0.15) is 4.88 Å². The minimum Gasteiger partial charge on any atom is -0.477 e. The quantitative estimate of drug-likeness (QED) is 0.687. The molecule has 0 saturated carbocycles. The summed E-state index contributed by atoms with van der Waals surface area (Å²) in [5.41, 5.74) is 0. The zero-order chi connectivity index (χ0) is 9.14. The molecule has 0 unspecified atom stereocenters. The molecule has 0 radical (unpaired) electrons. The molecule has 0 aliphatic rings. The van der Waals surface area contributed by atoms with Crippen LogP contribution in [0, 0.1) is 0 Å². The van der Waals surface area contributed by atoms with Crippen LogP contribution in [0.2, 0.25) is 0 Å². The second kappa shape index (κ2) is 3.31. The van der Waals surface area contributed by atoms with Crippen molar-refractivity contribution in [1.29, 1.82) is 0 Å². The molecule has 6 heteroatoms. The van der Waals surface area contributed by atoms with Crippen molar-refractivity contribution in [2.24, 2.45) is 0 Å². The summed E-state index contributed by atoms with van der Waals surface area (Å²) < 4.78 is 4.35. The molecule has 0 fully saturated rings. The molecule has 12 heavy (non-hydrogen) atoms. The molecule has 1 heterocycles. The third-order valence-corrected chi connectivity index (χ3v) is 2.04. The molecule has 0 atom stereocenters. The summed E-state index contributed by atoms with van der Waals surface area (Å²) in [5.74, 6) is -1.71. The SMILES string of the molecule is COC(=O)c1ncc(C(=O)O)s1. The molecule has 0 saturated heterocycles. The van der Waals surface area contributed by atoms with Crippen LogP contribution in [0.5, 0.6) is 0 Å². The van der Waals surface area contributed by atoms with Gasteiger partial charge in [0.25, 0.3) is 0 Å². The number of carboxylic acids is 1. The van der Waals surface area contributed by atoms with Crippen LogP contribution < -0.4 is 0 Å². The van der Waals surface area contributed by atoms with Crippen molar-refractivity contribution in [3.05, 3.63) is 16.1 Å². The van der Waals surface area contributed by atoms with Crippen LogP contribution >= 0.6 is 11.3 Å². The normalized spacial score (nSPS) is 9.42. The molecule has 0 spiro atoms. The van der Waals surface area contributed by atoms with Gasteiger partial charge in [0, 0.05) is 0 Å². The van der Waals surface area contributed by atoms with Gasteiger partial charge in [-0.1, -0.05) is 0 Å². The highest BCUT2D eigenvalue weighted by Crippen LogP contribution is 2.13. The molecule has 1 aromatic heterocycles. The van der Waals surface area contributed by atoms with E-state index in [1.807, 2.05) is 0 Å². The Morgan fingerprint density at radius 3 is 2.75 bits per heavy atom. The van der Waals surface area contributed by atoms with Crippen molar-refractivity contribution in [2.45, 2.75) is 0 Å². The second-order valence-corrected chi connectivity index (χ2v) is 2.86. The van der Waals surface area contributed by atoms with E-state index in [-0.39, 0.29) is 9.88 Å². The van der Waals surface area contributed by atoms with E-state index >= 15 is 0 Å². The summed E-state index contributed by atoms with van der Waals surface area (Å²) in [6, 6.07) is 0. The first-order valence-corrected chi connectivity index (χ1v) is 3.74. The van der Waals surface area contributed by atoms with Crippen molar-refractivity contribution in [1.82, 2.24) is 4.98 Å². The third kappa shape index (κ3) is 1.59. The van der Waals surface area contributed by atoms with E-state index in [1.165, 1.54) is 7.11 Å². The lowest BCUT2D eigenvalue weighted by Crippen LogP contribution is -1.99. The number of carboxylic acid groups (broad SMARTS) is 1. The molecule has 0 aliphatic heterocycles. The van der Waals surface area contributed by atoms with Gasteiger partial charge in [0.15, 0.2) is 0 Å². The highest BCUT2D eigenvalue weighted by atomic mass is 32.1. The van der Waals surface area contributed by atoms with Gasteiger partial charge in [0.2, 0.25) is 5.01 Å². The number of hydrogen-bond donors (Lipinski definition) is 1. The van der Waals surface area contributed by atoms with Gasteiger partial charge >= 0.3 is 11.9 Å². The van der Waals surface area contributed by atoms with Gasteiger partial charge in [-0.15, -0.1) is 11.3 Å². The maximum atomic E-state index is 10.8. The molecule has 0 amide bonds. The van der Waals surface area contributed by atoms with E-state index in [9.17, 15) is 9.59 Å². The largest absolute Gasteiger partial charge is 0.477 e. The van der Waals surface area contributed by atoms with Gasteiger partial charge in [-0.05, 0) is 0 Å². The summed E-state index contributed by atoms with van der Waals surface area (Å²) in [5, 5.41) is 8.52. The molecule has 0 aromatic carbocycles. The van der Waals surface area contributed by atoms with Gasteiger partial charge in [-0.25, -0.2) is 14.6 Å². The average Bonchev–Trinajstić information content (AvgIpc) is 2.51. The Hall–Kier alpha value is -1.43. The number of hydrogen-bond acceptors (Lipinski definition) is 5. The van der Waals surface area contributed by atoms with E-state index in [1.54, 1.807) is 0 Å². The lowest BCUT2D eigenvalue weighted by Gasteiger charge is -1.89. The monoisotopic (exact) mass is 187 g/mol. The van der Waals surface area contributed by atoms with Crippen LogP contribution in [0.1, 0.15) is 19.5 Å². The number of esters is 1. The smallest absolute Gasteiger partial charge is 0.367 e. The van der Waals surface area contributed by atoms with E-state index in [0.717, 1.165) is 17.5 Å². The number of ether oxygens (including phenoxy) is 1. The van der Waals surface area contributed by atoms with E-state index < -0.39 is 11.9 Å². The lowest BCUT2D eigenvalue weighted by atomic mass is 10.6. The summed E-state index contributed by atoms with van der Waals surface area (Å²) in [6.45, 7) is 0. The Labute approximate surface area is 71.6 Å². The Bertz CT molecular complexity index is 319. The van der Waals surface area contributed by atoms with Crippen molar-refractivity contribution < 1.29 is 19.4 Å².